The van der Waals surface area contributed by atoms with Crippen LogP contribution in [0.15, 0.2) is 42.5 Å². The maximum absolute atomic E-state index is 15.0. The third-order valence-corrected chi connectivity index (χ3v) is 5.43. The molecule has 162 valence electrons. The number of benzene rings is 2. The van der Waals surface area contributed by atoms with Crippen molar-refractivity contribution < 1.29 is 23.0 Å². The van der Waals surface area contributed by atoms with E-state index in [0.717, 1.165) is 6.07 Å². The fraction of sp³-hybridized carbons (Fsp3) is 0.409. The van der Waals surface area contributed by atoms with E-state index < -0.39 is 11.5 Å². The Morgan fingerprint density at radius 1 is 1.20 bits per heavy atom. The van der Waals surface area contributed by atoms with Crippen molar-refractivity contribution in [3.05, 3.63) is 58.9 Å². The molecule has 30 heavy (non-hydrogen) atoms. The maximum Gasteiger partial charge on any atom is 0.253 e. The Balaban J connectivity index is 1.40. The normalized spacial score (nSPS) is 15.7. The minimum atomic E-state index is -1.38. The van der Waals surface area contributed by atoms with Gasteiger partial charge >= 0.3 is 0 Å². The monoisotopic (exact) mass is 438 g/mol. The molecule has 1 N–H and O–H groups in total. The molecule has 0 saturated carbocycles. The Morgan fingerprint density at radius 2 is 1.93 bits per heavy atom. The van der Waals surface area contributed by atoms with Gasteiger partial charge in [0.25, 0.3) is 5.91 Å². The van der Waals surface area contributed by atoms with Gasteiger partial charge in [0, 0.05) is 50.7 Å². The summed E-state index contributed by atoms with van der Waals surface area (Å²) in [6.45, 7) is 1.69. The molecule has 0 radical (unpaired) electrons. The highest BCUT2D eigenvalue weighted by atomic mass is 35.5. The molecule has 2 aromatic rings. The van der Waals surface area contributed by atoms with E-state index in [1.54, 1.807) is 18.1 Å². The number of nitrogens with one attached hydrogen (secondary N) is 1. The lowest BCUT2D eigenvalue weighted by molar-refractivity contribution is 0.0433. The molecule has 1 aliphatic heterocycles. The second-order valence-corrected chi connectivity index (χ2v) is 7.68. The highest BCUT2D eigenvalue weighted by molar-refractivity contribution is 6.31. The van der Waals surface area contributed by atoms with Crippen LogP contribution in [0.5, 0.6) is 11.5 Å². The predicted octanol–water partition coefficient (Wildman–Crippen LogP) is 4.10. The van der Waals surface area contributed by atoms with Crippen molar-refractivity contribution in [1.82, 2.24) is 10.2 Å². The number of alkyl halides is 1. The molecule has 0 unspecified atom stereocenters. The summed E-state index contributed by atoms with van der Waals surface area (Å²) in [6, 6.07) is 11.2. The molecule has 1 aliphatic rings. The zero-order valence-corrected chi connectivity index (χ0v) is 17.6. The number of piperidine rings is 1. The molecule has 1 fully saturated rings. The van der Waals surface area contributed by atoms with E-state index in [-0.39, 0.29) is 30.3 Å². The van der Waals surface area contributed by atoms with Gasteiger partial charge in [0.15, 0.2) is 0 Å². The van der Waals surface area contributed by atoms with Gasteiger partial charge < -0.3 is 19.7 Å². The van der Waals surface area contributed by atoms with Crippen LogP contribution in [0, 0.1) is 5.82 Å². The van der Waals surface area contributed by atoms with Crippen molar-refractivity contribution in [2.45, 2.75) is 18.5 Å². The summed E-state index contributed by atoms with van der Waals surface area (Å²) in [5.74, 6) is 0.570. The van der Waals surface area contributed by atoms with Gasteiger partial charge in [0.2, 0.25) is 0 Å². The number of halogens is 3. The van der Waals surface area contributed by atoms with Crippen LogP contribution in [-0.2, 0) is 0 Å². The molecular formula is C22H25ClF2N2O3. The molecule has 0 atom stereocenters. The first-order chi connectivity index (χ1) is 14.4. The van der Waals surface area contributed by atoms with Gasteiger partial charge in [-0.1, -0.05) is 17.7 Å². The molecule has 2 aromatic carbocycles. The largest absolute Gasteiger partial charge is 0.497 e. The quantitative estimate of drug-likeness (QED) is 0.630. The fourth-order valence-corrected chi connectivity index (χ4v) is 3.52. The lowest BCUT2D eigenvalue weighted by Gasteiger charge is -2.36. The standard InChI is InChI=1S/C22H25ClF2N2O3/c1-29-17-3-2-4-18(14-17)30-12-9-26-15-22(25)7-10-27(11-8-22)21(28)16-5-6-20(24)19(23)13-16/h2-6,13-14,26H,7-12,15H2,1H3. The third kappa shape index (κ3) is 5.83. The van der Waals surface area contributed by atoms with Crippen molar-refractivity contribution >= 4 is 17.5 Å². The Hall–Kier alpha value is -2.38. The van der Waals surface area contributed by atoms with Crippen LogP contribution in [0.1, 0.15) is 23.2 Å². The van der Waals surface area contributed by atoms with E-state index in [9.17, 15) is 9.18 Å². The molecule has 1 saturated heterocycles. The van der Waals surface area contributed by atoms with E-state index in [0.29, 0.717) is 43.3 Å². The van der Waals surface area contributed by atoms with Gasteiger partial charge in [-0.2, -0.15) is 0 Å². The zero-order chi connectivity index (χ0) is 21.6. The molecule has 1 heterocycles. The minimum absolute atomic E-state index is 0.0990. The van der Waals surface area contributed by atoms with Gasteiger partial charge in [0.05, 0.1) is 12.1 Å². The summed E-state index contributed by atoms with van der Waals surface area (Å²) < 4.78 is 39.1. The molecule has 0 aliphatic carbocycles. The summed E-state index contributed by atoms with van der Waals surface area (Å²) in [5.41, 5.74) is -1.08. The number of methoxy groups -OCH3 is 1. The van der Waals surface area contributed by atoms with Crippen molar-refractivity contribution in [2.24, 2.45) is 0 Å². The first kappa shape index (κ1) is 22.3. The van der Waals surface area contributed by atoms with Crippen LogP contribution in [0.4, 0.5) is 8.78 Å². The maximum atomic E-state index is 15.0. The van der Waals surface area contributed by atoms with Crippen LogP contribution in [-0.4, -0.2) is 56.4 Å². The molecular weight excluding hydrogens is 414 g/mol. The van der Waals surface area contributed by atoms with Crippen LogP contribution in [0.3, 0.4) is 0 Å². The van der Waals surface area contributed by atoms with Crippen molar-refractivity contribution in [2.75, 3.05) is 39.9 Å². The molecule has 0 aromatic heterocycles. The highest BCUT2D eigenvalue weighted by Crippen LogP contribution is 2.27. The number of ether oxygens (including phenoxy) is 2. The summed E-state index contributed by atoms with van der Waals surface area (Å²) in [5, 5.41) is 2.99. The first-order valence-corrected chi connectivity index (χ1v) is 10.2. The molecule has 0 bridgehead atoms. The van der Waals surface area contributed by atoms with Gasteiger partial charge in [0.1, 0.15) is 29.6 Å². The fourth-order valence-electron chi connectivity index (χ4n) is 3.34. The number of hydrogen-bond donors (Lipinski definition) is 1. The summed E-state index contributed by atoms with van der Waals surface area (Å²) in [4.78, 5) is 14.1. The van der Waals surface area contributed by atoms with Crippen molar-refractivity contribution in [1.29, 1.82) is 0 Å². The minimum Gasteiger partial charge on any atom is -0.497 e. The first-order valence-electron chi connectivity index (χ1n) is 9.81. The van der Waals surface area contributed by atoms with Crippen LogP contribution in [0.25, 0.3) is 0 Å². The average molecular weight is 439 g/mol. The van der Waals surface area contributed by atoms with Crippen LogP contribution < -0.4 is 14.8 Å². The van der Waals surface area contributed by atoms with Crippen LogP contribution in [0.2, 0.25) is 5.02 Å². The number of carbonyl (C=O) groups excluding carboxylic acids is 1. The number of carbonyl (C=O) groups is 1. The van der Waals surface area contributed by atoms with Gasteiger partial charge in [-0.15, -0.1) is 0 Å². The Bertz CT molecular complexity index is 873. The summed E-state index contributed by atoms with van der Waals surface area (Å²) >= 11 is 5.75. The Morgan fingerprint density at radius 3 is 2.63 bits per heavy atom. The molecule has 1 amide bonds. The van der Waals surface area contributed by atoms with Gasteiger partial charge in [-0.05, 0) is 30.3 Å². The lowest BCUT2D eigenvalue weighted by Crippen LogP contribution is -2.49. The SMILES string of the molecule is COc1cccc(OCCNCC2(F)CCN(C(=O)c3ccc(F)c(Cl)c3)CC2)c1. The van der Waals surface area contributed by atoms with E-state index in [1.165, 1.54) is 12.1 Å². The average Bonchev–Trinajstić information content (AvgIpc) is 2.75. The van der Waals surface area contributed by atoms with E-state index in [4.69, 9.17) is 21.1 Å². The highest BCUT2D eigenvalue weighted by Gasteiger charge is 2.35. The van der Waals surface area contributed by atoms with Gasteiger partial charge in [-0.3, -0.25) is 4.79 Å². The molecule has 8 heteroatoms. The Kier molecular flexibility index (Phi) is 7.50. The van der Waals surface area contributed by atoms with Gasteiger partial charge in [-0.25, -0.2) is 8.78 Å². The number of likely N-dealkylation sites (tertiary alicyclic amines) is 1. The lowest BCUT2D eigenvalue weighted by atomic mass is 9.93. The third-order valence-electron chi connectivity index (χ3n) is 5.14. The molecule has 5 nitrogen and oxygen atoms in total. The second kappa shape index (κ2) is 10.1. The van der Waals surface area contributed by atoms with E-state index in [1.807, 2.05) is 18.2 Å². The molecule has 3 rings (SSSR count). The molecule has 0 spiro atoms. The topological polar surface area (TPSA) is 50.8 Å². The number of hydrogen-bond acceptors (Lipinski definition) is 4. The smallest absolute Gasteiger partial charge is 0.253 e. The predicted molar refractivity (Wildman–Crippen MR) is 112 cm³/mol. The summed E-state index contributed by atoms with van der Waals surface area (Å²) in [6.07, 6.45) is 0.467. The van der Waals surface area contributed by atoms with E-state index >= 15 is 4.39 Å². The summed E-state index contributed by atoms with van der Waals surface area (Å²) in [7, 11) is 1.59. The Labute approximate surface area is 179 Å². The number of nitrogens with zero attached hydrogens (tertiary/aromatic N) is 1. The zero-order valence-electron chi connectivity index (χ0n) is 16.8. The van der Waals surface area contributed by atoms with E-state index in [2.05, 4.69) is 5.32 Å². The second-order valence-electron chi connectivity index (χ2n) is 7.28. The number of rotatable bonds is 8. The number of amides is 1. The van der Waals surface area contributed by atoms with Crippen molar-refractivity contribution in [3.63, 3.8) is 0 Å². The van der Waals surface area contributed by atoms with Crippen LogP contribution >= 0.6 is 11.6 Å². The van der Waals surface area contributed by atoms with Crippen molar-refractivity contribution in [3.8, 4) is 11.5 Å².